The van der Waals surface area contributed by atoms with Crippen LogP contribution in [0.2, 0.25) is 5.02 Å². The Hall–Kier alpha value is -1.79. The molecular weight excluding hydrogens is 389 g/mol. The summed E-state index contributed by atoms with van der Waals surface area (Å²) in [6.07, 6.45) is 0. The summed E-state index contributed by atoms with van der Waals surface area (Å²) in [6.45, 7) is 2.24. The van der Waals surface area contributed by atoms with Crippen molar-refractivity contribution in [2.24, 2.45) is 0 Å². The van der Waals surface area contributed by atoms with Crippen LogP contribution < -0.4 is 14.8 Å². The van der Waals surface area contributed by atoms with Gasteiger partial charge in [0.15, 0.2) is 11.5 Å². The highest BCUT2D eigenvalue weighted by atomic mass is 79.9. The number of benzene rings is 2. The van der Waals surface area contributed by atoms with E-state index in [9.17, 15) is 9.18 Å². The third kappa shape index (κ3) is 4.14. The van der Waals surface area contributed by atoms with Crippen LogP contribution in [0.1, 0.15) is 17.3 Å². The lowest BCUT2D eigenvalue weighted by molar-refractivity contribution is 0.102. The molecule has 2 aromatic rings. The minimum Gasteiger partial charge on any atom is -0.492 e. The van der Waals surface area contributed by atoms with Gasteiger partial charge in [0.1, 0.15) is 5.82 Å². The summed E-state index contributed by atoms with van der Waals surface area (Å²) >= 11 is 9.02. The molecule has 0 aliphatic rings. The first-order valence-electron chi connectivity index (χ1n) is 6.73. The maximum absolute atomic E-state index is 13.8. The molecule has 0 aliphatic heterocycles. The molecule has 0 unspecified atom stereocenters. The average Bonchev–Trinajstić information content (AvgIpc) is 2.50. The van der Waals surface area contributed by atoms with Crippen molar-refractivity contribution in [3.63, 3.8) is 0 Å². The van der Waals surface area contributed by atoms with E-state index < -0.39 is 11.7 Å². The molecule has 4 nitrogen and oxygen atoms in total. The number of anilines is 1. The van der Waals surface area contributed by atoms with Crippen molar-refractivity contribution in [3.05, 3.63) is 51.2 Å². The van der Waals surface area contributed by atoms with Crippen molar-refractivity contribution >= 4 is 39.1 Å². The predicted molar refractivity (Wildman–Crippen MR) is 91.2 cm³/mol. The number of nitrogens with one attached hydrogen (secondary N) is 1. The first-order valence-corrected chi connectivity index (χ1v) is 7.90. The largest absolute Gasteiger partial charge is 0.492 e. The van der Waals surface area contributed by atoms with Crippen LogP contribution in [0.3, 0.4) is 0 Å². The van der Waals surface area contributed by atoms with E-state index in [2.05, 4.69) is 21.2 Å². The quantitative estimate of drug-likeness (QED) is 0.774. The molecule has 2 aromatic carbocycles. The Morgan fingerprint density at radius 3 is 2.70 bits per heavy atom. The number of carbonyl (C=O) groups is 1. The molecule has 23 heavy (non-hydrogen) atoms. The minimum absolute atomic E-state index is 0.0456. The van der Waals surface area contributed by atoms with Crippen LogP contribution in [0.25, 0.3) is 0 Å². The van der Waals surface area contributed by atoms with Gasteiger partial charge in [0.05, 0.1) is 23.9 Å². The van der Waals surface area contributed by atoms with Crippen LogP contribution in [0.15, 0.2) is 34.8 Å². The molecule has 1 amide bonds. The Balaban J connectivity index is 2.32. The first kappa shape index (κ1) is 17.6. The second kappa shape index (κ2) is 7.66. The third-order valence-corrected chi connectivity index (χ3v) is 3.78. The smallest absolute Gasteiger partial charge is 0.255 e. The van der Waals surface area contributed by atoms with Crippen LogP contribution in [0.4, 0.5) is 10.1 Å². The zero-order valence-electron chi connectivity index (χ0n) is 12.5. The summed E-state index contributed by atoms with van der Waals surface area (Å²) in [5.41, 5.74) is 0.347. The van der Waals surface area contributed by atoms with E-state index in [-0.39, 0.29) is 10.7 Å². The van der Waals surface area contributed by atoms with Gasteiger partial charge in [-0.1, -0.05) is 11.6 Å². The number of ether oxygens (including phenoxy) is 2. The molecule has 0 spiro atoms. The first-order chi connectivity index (χ1) is 11.0. The Kier molecular flexibility index (Phi) is 5.85. The minimum atomic E-state index is -0.608. The van der Waals surface area contributed by atoms with Gasteiger partial charge < -0.3 is 14.8 Å². The second-order valence-electron chi connectivity index (χ2n) is 4.50. The number of hydrogen-bond donors (Lipinski definition) is 1. The summed E-state index contributed by atoms with van der Waals surface area (Å²) in [6, 6.07) is 7.14. The molecule has 0 heterocycles. The maximum Gasteiger partial charge on any atom is 0.255 e. The number of hydrogen-bond acceptors (Lipinski definition) is 3. The molecule has 0 radical (unpaired) electrons. The molecule has 2 rings (SSSR count). The summed E-state index contributed by atoms with van der Waals surface area (Å²) in [5.74, 6) is -0.175. The molecule has 122 valence electrons. The van der Waals surface area contributed by atoms with Crippen molar-refractivity contribution in [1.29, 1.82) is 0 Å². The zero-order chi connectivity index (χ0) is 17.0. The van der Waals surface area contributed by atoms with Crippen LogP contribution in [0.5, 0.6) is 11.5 Å². The van der Waals surface area contributed by atoms with E-state index in [4.69, 9.17) is 21.1 Å². The van der Waals surface area contributed by atoms with Crippen molar-refractivity contribution < 1.29 is 18.7 Å². The van der Waals surface area contributed by atoms with Crippen molar-refractivity contribution in [3.8, 4) is 11.5 Å². The van der Waals surface area contributed by atoms with Gasteiger partial charge >= 0.3 is 0 Å². The van der Waals surface area contributed by atoms with Gasteiger partial charge in [-0.15, -0.1) is 0 Å². The van der Waals surface area contributed by atoms with Gasteiger partial charge in [-0.2, -0.15) is 0 Å². The number of amides is 1. The number of carbonyl (C=O) groups excluding carboxylic acids is 1. The van der Waals surface area contributed by atoms with Crippen LogP contribution in [-0.2, 0) is 0 Å². The number of halogens is 3. The molecule has 0 saturated heterocycles. The summed E-state index contributed by atoms with van der Waals surface area (Å²) in [7, 11) is 1.51. The molecule has 1 N–H and O–H groups in total. The van der Waals surface area contributed by atoms with Crippen LogP contribution >= 0.6 is 27.5 Å². The fourth-order valence-electron chi connectivity index (χ4n) is 1.95. The highest BCUT2D eigenvalue weighted by molar-refractivity contribution is 9.10. The molecule has 0 saturated carbocycles. The van der Waals surface area contributed by atoms with E-state index in [1.54, 1.807) is 6.07 Å². The van der Waals surface area contributed by atoms with E-state index in [1.807, 2.05) is 6.92 Å². The van der Waals surface area contributed by atoms with E-state index in [0.717, 1.165) is 6.07 Å². The fraction of sp³-hybridized carbons (Fsp3) is 0.188. The Morgan fingerprint density at radius 1 is 1.35 bits per heavy atom. The van der Waals surface area contributed by atoms with Gasteiger partial charge in [0, 0.05) is 10.6 Å². The van der Waals surface area contributed by atoms with Crippen molar-refractivity contribution in [2.45, 2.75) is 6.92 Å². The summed E-state index contributed by atoms with van der Waals surface area (Å²) < 4.78 is 25.0. The van der Waals surface area contributed by atoms with Crippen molar-refractivity contribution in [2.75, 3.05) is 19.0 Å². The molecule has 0 aromatic heterocycles. The highest BCUT2D eigenvalue weighted by Gasteiger charge is 2.16. The van der Waals surface area contributed by atoms with Gasteiger partial charge in [-0.25, -0.2) is 4.39 Å². The second-order valence-corrected chi connectivity index (χ2v) is 5.79. The van der Waals surface area contributed by atoms with Gasteiger partial charge in [0.25, 0.3) is 5.91 Å². The van der Waals surface area contributed by atoms with E-state index in [0.29, 0.717) is 28.1 Å². The molecular formula is C16H14BrClFNO3. The van der Waals surface area contributed by atoms with Crippen LogP contribution in [-0.4, -0.2) is 19.6 Å². The maximum atomic E-state index is 13.8. The van der Waals surface area contributed by atoms with Crippen LogP contribution in [0, 0.1) is 5.82 Å². The third-order valence-electron chi connectivity index (χ3n) is 2.96. The Bertz CT molecular complexity index is 740. The predicted octanol–water partition coefficient (Wildman–Crippen LogP) is 4.90. The molecule has 0 fully saturated rings. The fourth-order valence-corrected chi connectivity index (χ4v) is 2.71. The number of rotatable bonds is 5. The Labute approximate surface area is 146 Å². The average molecular weight is 403 g/mol. The molecule has 0 aliphatic carbocycles. The zero-order valence-corrected chi connectivity index (χ0v) is 14.8. The Morgan fingerprint density at radius 2 is 2.09 bits per heavy atom. The monoisotopic (exact) mass is 401 g/mol. The number of methoxy groups -OCH3 is 1. The van der Waals surface area contributed by atoms with Crippen molar-refractivity contribution in [1.82, 2.24) is 0 Å². The van der Waals surface area contributed by atoms with Gasteiger partial charge in [-0.3, -0.25) is 4.79 Å². The van der Waals surface area contributed by atoms with E-state index >= 15 is 0 Å². The topological polar surface area (TPSA) is 47.6 Å². The molecule has 7 heteroatoms. The molecule has 0 atom stereocenters. The SMILES string of the molecule is CCOc1cc(C(=O)Nc2ccc(Cl)cc2F)cc(Br)c1OC. The lowest BCUT2D eigenvalue weighted by atomic mass is 10.1. The lowest BCUT2D eigenvalue weighted by Gasteiger charge is -2.13. The lowest BCUT2D eigenvalue weighted by Crippen LogP contribution is -2.13. The molecule has 0 bridgehead atoms. The van der Waals surface area contributed by atoms with Gasteiger partial charge in [0.2, 0.25) is 0 Å². The highest BCUT2D eigenvalue weighted by Crippen LogP contribution is 2.36. The summed E-state index contributed by atoms with van der Waals surface area (Å²) in [5, 5.41) is 2.75. The summed E-state index contributed by atoms with van der Waals surface area (Å²) in [4.78, 5) is 12.3. The normalized spacial score (nSPS) is 10.3. The standard InChI is InChI=1S/C16H14BrClFNO3/c1-3-23-14-7-9(6-11(17)15(14)22-2)16(21)20-13-5-4-10(18)8-12(13)19/h4-8H,3H2,1-2H3,(H,20,21). The van der Waals surface area contributed by atoms with E-state index in [1.165, 1.54) is 25.3 Å². The van der Waals surface area contributed by atoms with Gasteiger partial charge in [-0.05, 0) is 53.2 Å².